The van der Waals surface area contributed by atoms with E-state index in [1.54, 1.807) is 18.7 Å². The monoisotopic (exact) mass is 392 g/mol. The summed E-state index contributed by atoms with van der Waals surface area (Å²) >= 11 is 3.12. The molecule has 3 rings (SSSR count). The lowest BCUT2D eigenvalue weighted by molar-refractivity contribution is -0.130. The fraction of sp³-hybridized carbons (Fsp3) is 0.474. The summed E-state index contributed by atoms with van der Waals surface area (Å²) in [7, 11) is 0. The van der Waals surface area contributed by atoms with E-state index < -0.39 is 6.10 Å². The van der Waals surface area contributed by atoms with Crippen LogP contribution in [0.4, 0.5) is 5.13 Å². The molecule has 140 valence electrons. The summed E-state index contributed by atoms with van der Waals surface area (Å²) < 4.78 is 11.3. The Morgan fingerprint density at radius 3 is 2.92 bits per heavy atom. The second kappa shape index (κ2) is 9.50. The molecule has 1 saturated heterocycles. The van der Waals surface area contributed by atoms with E-state index in [0.717, 1.165) is 37.1 Å². The maximum Gasteiger partial charge on any atom is 0.254 e. The molecular formula is C19H24N2O3S2. The van der Waals surface area contributed by atoms with Crippen molar-refractivity contribution in [3.05, 3.63) is 29.6 Å². The highest BCUT2D eigenvalue weighted by Gasteiger charge is 2.19. The van der Waals surface area contributed by atoms with Gasteiger partial charge in [0.05, 0.1) is 18.4 Å². The standard InChI is InChI=1S/C19H24N2O3S2/c1-13(24-11-15-5-3-4-10-23-15)18(22)21-19-20-17(12-26-19)14-6-8-16(25-2)9-7-14/h6-9,12-13,15H,3-5,10-11H2,1-2H3,(H,20,21,22). The number of rotatable bonds is 7. The molecule has 1 aliphatic heterocycles. The third-order valence-corrected chi connectivity index (χ3v) is 5.80. The predicted molar refractivity (Wildman–Crippen MR) is 107 cm³/mol. The van der Waals surface area contributed by atoms with E-state index in [1.165, 1.54) is 16.2 Å². The number of ether oxygens (including phenoxy) is 2. The number of hydrogen-bond donors (Lipinski definition) is 1. The van der Waals surface area contributed by atoms with Gasteiger partial charge in [-0.1, -0.05) is 12.1 Å². The van der Waals surface area contributed by atoms with Gasteiger partial charge in [-0.05, 0) is 44.6 Å². The molecule has 2 heterocycles. The minimum Gasteiger partial charge on any atom is -0.376 e. The molecule has 2 unspecified atom stereocenters. The SMILES string of the molecule is CSc1ccc(-c2csc(NC(=O)C(C)OCC3CCCCO3)n2)cc1. The van der Waals surface area contributed by atoms with E-state index in [2.05, 4.69) is 28.7 Å². The van der Waals surface area contributed by atoms with Crippen LogP contribution < -0.4 is 5.32 Å². The highest BCUT2D eigenvalue weighted by molar-refractivity contribution is 7.98. The number of benzene rings is 1. The first kappa shape index (κ1) is 19.4. The van der Waals surface area contributed by atoms with Crippen molar-refractivity contribution < 1.29 is 14.3 Å². The zero-order valence-corrected chi connectivity index (χ0v) is 16.7. The van der Waals surface area contributed by atoms with Crippen LogP contribution in [0.15, 0.2) is 34.5 Å². The average Bonchev–Trinajstić information content (AvgIpc) is 3.15. The Morgan fingerprint density at radius 1 is 1.42 bits per heavy atom. The predicted octanol–water partition coefficient (Wildman–Crippen LogP) is 4.44. The Bertz CT molecular complexity index is 712. The number of thioether (sulfide) groups is 1. The maximum absolute atomic E-state index is 12.3. The minimum atomic E-state index is -0.534. The van der Waals surface area contributed by atoms with E-state index >= 15 is 0 Å². The number of nitrogens with one attached hydrogen (secondary N) is 1. The first-order chi connectivity index (χ1) is 12.7. The summed E-state index contributed by atoms with van der Waals surface area (Å²) in [5.41, 5.74) is 1.90. The Kier molecular flexibility index (Phi) is 7.07. The van der Waals surface area contributed by atoms with Gasteiger partial charge in [-0.2, -0.15) is 0 Å². The third-order valence-electron chi connectivity index (χ3n) is 4.30. The van der Waals surface area contributed by atoms with Crippen LogP contribution in [0.3, 0.4) is 0 Å². The normalized spacial score (nSPS) is 18.5. The molecule has 7 heteroatoms. The Balaban J connectivity index is 1.51. The molecule has 1 N–H and O–H groups in total. The van der Waals surface area contributed by atoms with Gasteiger partial charge in [0.15, 0.2) is 5.13 Å². The number of carbonyl (C=O) groups excluding carboxylic acids is 1. The maximum atomic E-state index is 12.3. The first-order valence-corrected chi connectivity index (χ1v) is 10.9. The summed E-state index contributed by atoms with van der Waals surface area (Å²) in [6, 6.07) is 8.23. The molecule has 1 aromatic carbocycles. The van der Waals surface area contributed by atoms with Gasteiger partial charge >= 0.3 is 0 Å². The topological polar surface area (TPSA) is 60.5 Å². The summed E-state index contributed by atoms with van der Waals surface area (Å²) in [4.78, 5) is 18.0. The number of thiazole rings is 1. The lowest BCUT2D eigenvalue weighted by Crippen LogP contribution is -2.32. The van der Waals surface area contributed by atoms with Gasteiger partial charge in [-0.15, -0.1) is 23.1 Å². The molecule has 1 aliphatic rings. The smallest absolute Gasteiger partial charge is 0.254 e. The zero-order valence-electron chi connectivity index (χ0n) is 15.1. The molecule has 1 fully saturated rings. The lowest BCUT2D eigenvalue weighted by Gasteiger charge is -2.23. The molecule has 26 heavy (non-hydrogen) atoms. The molecule has 0 bridgehead atoms. The van der Waals surface area contributed by atoms with Crippen molar-refractivity contribution >= 4 is 34.1 Å². The number of carbonyl (C=O) groups is 1. The lowest BCUT2D eigenvalue weighted by atomic mass is 10.1. The summed E-state index contributed by atoms with van der Waals surface area (Å²) in [5.74, 6) is -0.181. The van der Waals surface area contributed by atoms with E-state index in [1.807, 2.05) is 17.5 Å². The fourth-order valence-corrected chi connectivity index (χ4v) is 3.83. The summed E-state index contributed by atoms with van der Waals surface area (Å²) in [6.45, 7) is 3.00. The van der Waals surface area contributed by atoms with Gasteiger partial charge in [-0.3, -0.25) is 10.1 Å². The van der Waals surface area contributed by atoms with Crippen LogP contribution in [0.5, 0.6) is 0 Å². The number of aromatic nitrogens is 1. The van der Waals surface area contributed by atoms with E-state index in [-0.39, 0.29) is 12.0 Å². The van der Waals surface area contributed by atoms with Crippen LogP contribution in [0.2, 0.25) is 0 Å². The van der Waals surface area contributed by atoms with Crippen molar-refractivity contribution in [2.45, 2.75) is 43.3 Å². The van der Waals surface area contributed by atoms with Crippen LogP contribution in [0, 0.1) is 0 Å². The highest BCUT2D eigenvalue weighted by atomic mass is 32.2. The average molecular weight is 393 g/mol. The van der Waals surface area contributed by atoms with Crippen molar-refractivity contribution in [1.82, 2.24) is 4.98 Å². The Hall–Kier alpha value is -1.41. The van der Waals surface area contributed by atoms with Crippen LogP contribution in [-0.2, 0) is 14.3 Å². The summed E-state index contributed by atoms with van der Waals surface area (Å²) in [6.07, 6.45) is 4.89. The molecular weight excluding hydrogens is 368 g/mol. The van der Waals surface area contributed by atoms with Crippen molar-refractivity contribution in [1.29, 1.82) is 0 Å². The number of anilines is 1. The van der Waals surface area contributed by atoms with Gasteiger partial charge < -0.3 is 9.47 Å². The molecule has 0 spiro atoms. The van der Waals surface area contributed by atoms with Crippen molar-refractivity contribution in [2.24, 2.45) is 0 Å². The summed E-state index contributed by atoms with van der Waals surface area (Å²) in [5, 5.41) is 5.38. The van der Waals surface area contributed by atoms with E-state index in [0.29, 0.717) is 11.7 Å². The molecule has 1 aromatic heterocycles. The van der Waals surface area contributed by atoms with E-state index in [4.69, 9.17) is 9.47 Å². The van der Waals surface area contributed by atoms with Gasteiger partial charge in [0.25, 0.3) is 5.91 Å². The van der Waals surface area contributed by atoms with Crippen LogP contribution in [0.25, 0.3) is 11.3 Å². The second-order valence-corrected chi connectivity index (χ2v) is 7.96. The van der Waals surface area contributed by atoms with Crippen LogP contribution in [-0.4, -0.2) is 42.6 Å². The molecule has 0 aliphatic carbocycles. The number of amides is 1. The molecule has 2 atom stereocenters. The van der Waals surface area contributed by atoms with Crippen molar-refractivity contribution in [2.75, 3.05) is 24.8 Å². The van der Waals surface area contributed by atoms with Crippen LogP contribution in [0.1, 0.15) is 26.2 Å². The molecule has 0 radical (unpaired) electrons. The molecule has 1 amide bonds. The Labute approximate surface area is 162 Å². The zero-order chi connectivity index (χ0) is 18.4. The highest BCUT2D eigenvalue weighted by Crippen LogP contribution is 2.27. The van der Waals surface area contributed by atoms with Crippen LogP contribution >= 0.6 is 23.1 Å². The Morgan fingerprint density at radius 2 is 2.23 bits per heavy atom. The third kappa shape index (κ3) is 5.30. The largest absolute Gasteiger partial charge is 0.376 e. The minimum absolute atomic E-state index is 0.106. The number of hydrogen-bond acceptors (Lipinski definition) is 6. The van der Waals surface area contributed by atoms with Crippen molar-refractivity contribution in [3.63, 3.8) is 0 Å². The fourth-order valence-electron chi connectivity index (χ4n) is 2.70. The van der Waals surface area contributed by atoms with Gasteiger partial charge in [-0.25, -0.2) is 4.98 Å². The molecule has 2 aromatic rings. The number of nitrogens with zero attached hydrogens (tertiary/aromatic N) is 1. The van der Waals surface area contributed by atoms with Gasteiger partial charge in [0.1, 0.15) is 6.10 Å². The van der Waals surface area contributed by atoms with Gasteiger partial charge in [0.2, 0.25) is 0 Å². The molecule has 0 saturated carbocycles. The first-order valence-electron chi connectivity index (χ1n) is 8.79. The quantitative estimate of drug-likeness (QED) is 0.706. The van der Waals surface area contributed by atoms with E-state index in [9.17, 15) is 4.79 Å². The second-order valence-electron chi connectivity index (χ2n) is 6.22. The molecule has 5 nitrogen and oxygen atoms in total. The van der Waals surface area contributed by atoms with Crippen molar-refractivity contribution in [3.8, 4) is 11.3 Å². The van der Waals surface area contributed by atoms with Gasteiger partial charge in [0, 0.05) is 22.4 Å².